The zero-order chi connectivity index (χ0) is 16.7. The number of halogens is 1. The third kappa shape index (κ3) is 5.44. The zero-order valence-electron chi connectivity index (χ0n) is 13.5. The lowest BCUT2D eigenvalue weighted by Crippen LogP contribution is -2.17. The first-order valence-corrected chi connectivity index (χ1v) is 9.27. The summed E-state index contributed by atoms with van der Waals surface area (Å²) < 4.78 is 6.38. The van der Waals surface area contributed by atoms with Gasteiger partial charge in [-0.15, -0.1) is 0 Å². The van der Waals surface area contributed by atoms with E-state index >= 15 is 0 Å². The Hall–Kier alpha value is -1.17. The summed E-state index contributed by atoms with van der Waals surface area (Å²) in [5.74, 6) is 0.131. The molecule has 3 nitrogen and oxygen atoms in total. The SMILES string of the molecule is C/C=C\C[C@H]1C/C=C2/C(=O)C(I)=C[C@@H]2C/C=C\CCCC(=O)O1. The van der Waals surface area contributed by atoms with Crippen LogP contribution < -0.4 is 0 Å². The number of cyclic esters (lactones) is 1. The fourth-order valence-corrected chi connectivity index (χ4v) is 3.54. The van der Waals surface area contributed by atoms with E-state index in [0.29, 0.717) is 19.3 Å². The van der Waals surface area contributed by atoms with Crippen LogP contribution in [0, 0.1) is 5.92 Å². The van der Waals surface area contributed by atoms with Crippen LogP contribution in [0.3, 0.4) is 0 Å². The maximum Gasteiger partial charge on any atom is 0.306 e. The van der Waals surface area contributed by atoms with Crippen molar-refractivity contribution in [2.75, 3.05) is 0 Å². The number of rotatable bonds is 2. The van der Waals surface area contributed by atoms with E-state index in [4.69, 9.17) is 4.74 Å². The minimum absolute atomic E-state index is 0.120. The second-order valence-corrected chi connectivity index (χ2v) is 7.02. The third-order valence-corrected chi connectivity index (χ3v) is 4.92. The molecule has 1 heterocycles. The molecule has 0 unspecified atom stereocenters. The summed E-state index contributed by atoms with van der Waals surface area (Å²) in [5.41, 5.74) is 0.847. The summed E-state index contributed by atoms with van der Waals surface area (Å²) in [5, 5.41) is 0. The van der Waals surface area contributed by atoms with Gasteiger partial charge in [0.2, 0.25) is 0 Å². The van der Waals surface area contributed by atoms with Crippen LogP contribution in [0.1, 0.15) is 45.4 Å². The highest BCUT2D eigenvalue weighted by molar-refractivity contribution is 14.1. The average Bonchev–Trinajstić information content (AvgIpc) is 2.80. The molecule has 0 N–H and O–H groups in total. The second-order valence-electron chi connectivity index (χ2n) is 5.86. The minimum atomic E-state index is -0.188. The van der Waals surface area contributed by atoms with Crippen molar-refractivity contribution in [1.82, 2.24) is 0 Å². The van der Waals surface area contributed by atoms with Gasteiger partial charge < -0.3 is 4.74 Å². The van der Waals surface area contributed by atoms with Crippen molar-refractivity contribution in [2.45, 2.75) is 51.6 Å². The largest absolute Gasteiger partial charge is 0.462 e. The van der Waals surface area contributed by atoms with Gasteiger partial charge in [0.1, 0.15) is 6.10 Å². The number of fused-ring (bicyclic) bond motifs is 1. The molecule has 0 aromatic rings. The van der Waals surface area contributed by atoms with Crippen molar-refractivity contribution in [3.63, 3.8) is 0 Å². The van der Waals surface area contributed by atoms with Crippen molar-refractivity contribution in [3.8, 4) is 0 Å². The monoisotopic (exact) mass is 426 g/mol. The van der Waals surface area contributed by atoms with Crippen LogP contribution in [-0.2, 0) is 14.3 Å². The molecule has 2 atom stereocenters. The summed E-state index contributed by atoms with van der Waals surface area (Å²) in [6.07, 6.45) is 16.3. The number of Topliss-reactive ketones (excluding diaryl/α,β-unsaturated/α-hetero) is 1. The molecule has 2 rings (SSSR count). The smallest absolute Gasteiger partial charge is 0.306 e. The van der Waals surface area contributed by atoms with Crippen LogP contribution in [-0.4, -0.2) is 17.9 Å². The van der Waals surface area contributed by atoms with Crippen LogP contribution in [0.15, 0.2) is 45.6 Å². The molecule has 0 bridgehead atoms. The van der Waals surface area contributed by atoms with Gasteiger partial charge in [-0.05, 0) is 48.8 Å². The van der Waals surface area contributed by atoms with E-state index in [1.807, 2.05) is 31.2 Å². The topological polar surface area (TPSA) is 43.4 Å². The molecular formula is C19H23IO3. The molecule has 23 heavy (non-hydrogen) atoms. The lowest BCUT2D eigenvalue weighted by molar-refractivity contribution is -0.148. The Kier molecular flexibility index (Phi) is 7.27. The average molecular weight is 426 g/mol. The van der Waals surface area contributed by atoms with Crippen molar-refractivity contribution >= 4 is 34.3 Å². The Morgan fingerprint density at radius 3 is 2.91 bits per heavy atom. The van der Waals surface area contributed by atoms with Gasteiger partial charge in [0.25, 0.3) is 0 Å². The lowest BCUT2D eigenvalue weighted by atomic mass is 9.96. The Labute approximate surface area is 151 Å². The Morgan fingerprint density at radius 2 is 2.13 bits per heavy atom. The quantitative estimate of drug-likeness (QED) is 0.361. The third-order valence-electron chi connectivity index (χ3n) is 4.07. The van der Waals surface area contributed by atoms with Gasteiger partial charge in [-0.3, -0.25) is 9.59 Å². The summed E-state index contributed by atoms with van der Waals surface area (Å²) in [7, 11) is 0. The van der Waals surface area contributed by atoms with Crippen molar-refractivity contribution in [3.05, 3.63) is 45.6 Å². The first-order chi connectivity index (χ1) is 11.1. The van der Waals surface area contributed by atoms with Gasteiger partial charge in [-0.2, -0.15) is 0 Å². The molecule has 0 aromatic heterocycles. The van der Waals surface area contributed by atoms with Crippen molar-refractivity contribution < 1.29 is 14.3 Å². The Balaban J connectivity index is 2.19. The fraction of sp³-hybridized carbons (Fsp3) is 0.474. The molecule has 0 spiro atoms. The van der Waals surface area contributed by atoms with Crippen LogP contribution in [0.25, 0.3) is 0 Å². The molecule has 0 radical (unpaired) electrons. The number of esters is 1. The van der Waals surface area contributed by atoms with Gasteiger partial charge in [0.05, 0.1) is 3.58 Å². The summed E-state index contributed by atoms with van der Waals surface area (Å²) in [6.45, 7) is 1.95. The highest BCUT2D eigenvalue weighted by Crippen LogP contribution is 2.33. The minimum Gasteiger partial charge on any atom is -0.462 e. The molecule has 0 amide bonds. The van der Waals surface area contributed by atoms with E-state index in [-0.39, 0.29) is 23.8 Å². The van der Waals surface area contributed by atoms with Crippen LogP contribution >= 0.6 is 22.6 Å². The first-order valence-electron chi connectivity index (χ1n) is 8.19. The molecule has 0 fully saturated rings. The lowest BCUT2D eigenvalue weighted by Gasteiger charge is -2.16. The van der Waals surface area contributed by atoms with E-state index in [9.17, 15) is 9.59 Å². The number of allylic oxidation sites excluding steroid dienone is 6. The first kappa shape index (κ1) is 18.2. The van der Waals surface area contributed by atoms with E-state index in [0.717, 1.165) is 28.4 Å². The van der Waals surface area contributed by atoms with Gasteiger partial charge in [-0.25, -0.2) is 0 Å². The van der Waals surface area contributed by atoms with Gasteiger partial charge >= 0.3 is 5.97 Å². The maximum absolute atomic E-state index is 12.3. The summed E-state index contributed by atoms with van der Waals surface area (Å²) >= 11 is 2.11. The number of ketones is 1. The Bertz CT molecular complexity index is 569. The highest BCUT2D eigenvalue weighted by Gasteiger charge is 2.28. The molecule has 4 heteroatoms. The summed E-state index contributed by atoms with van der Waals surface area (Å²) in [6, 6.07) is 0. The predicted octanol–water partition coefficient (Wildman–Crippen LogP) is 4.83. The standard InChI is InChI=1S/C19H23IO3/c1-2-3-9-15-11-12-16-14(13-17(20)19(16)22)8-6-4-5-7-10-18(21)23-15/h2-4,6,12-15H,5,7-11H2,1H3/b3-2-,6-4-,16-12+/t14-,15-/m0/s1. The molecule has 0 aromatic carbocycles. The number of carbonyl (C=O) groups excluding carboxylic acids is 2. The molecule has 1 aliphatic heterocycles. The predicted molar refractivity (Wildman–Crippen MR) is 100 cm³/mol. The molecule has 0 saturated carbocycles. The molecule has 2 aliphatic rings. The zero-order valence-corrected chi connectivity index (χ0v) is 15.6. The van der Waals surface area contributed by atoms with Crippen LogP contribution in [0.5, 0.6) is 0 Å². The van der Waals surface area contributed by atoms with E-state index in [2.05, 4.69) is 34.7 Å². The number of hydrogen-bond donors (Lipinski definition) is 0. The second kappa shape index (κ2) is 9.21. The number of hydrogen-bond acceptors (Lipinski definition) is 3. The van der Waals surface area contributed by atoms with Crippen molar-refractivity contribution in [2.24, 2.45) is 5.92 Å². The Morgan fingerprint density at radius 1 is 1.30 bits per heavy atom. The highest BCUT2D eigenvalue weighted by atomic mass is 127. The van der Waals surface area contributed by atoms with Gasteiger partial charge in [0, 0.05) is 30.8 Å². The maximum atomic E-state index is 12.3. The normalized spacial score (nSPS) is 30.3. The number of ether oxygens (including phenoxy) is 1. The van der Waals surface area contributed by atoms with Gasteiger partial charge in [0.15, 0.2) is 5.78 Å². The number of carbonyl (C=O) groups is 2. The van der Waals surface area contributed by atoms with Crippen LogP contribution in [0.2, 0.25) is 0 Å². The fourth-order valence-electron chi connectivity index (χ4n) is 2.80. The van der Waals surface area contributed by atoms with E-state index in [1.54, 1.807) is 0 Å². The van der Waals surface area contributed by atoms with E-state index in [1.165, 1.54) is 0 Å². The molecule has 1 aliphatic carbocycles. The van der Waals surface area contributed by atoms with Crippen molar-refractivity contribution in [1.29, 1.82) is 0 Å². The van der Waals surface area contributed by atoms with E-state index < -0.39 is 0 Å². The van der Waals surface area contributed by atoms with Gasteiger partial charge in [-0.1, -0.05) is 36.5 Å². The molecule has 0 saturated heterocycles. The molecular weight excluding hydrogens is 403 g/mol. The molecule has 124 valence electrons. The summed E-state index contributed by atoms with van der Waals surface area (Å²) in [4.78, 5) is 24.3. The van der Waals surface area contributed by atoms with Crippen LogP contribution in [0.4, 0.5) is 0 Å².